The van der Waals surface area contributed by atoms with Crippen molar-refractivity contribution < 1.29 is 9.47 Å². The fourth-order valence-corrected chi connectivity index (χ4v) is 2.20. The number of ether oxygens (including phenoxy) is 2. The Kier molecular flexibility index (Phi) is 5.45. The first-order valence-corrected chi connectivity index (χ1v) is 5.51. The highest BCUT2D eigenvalue weighted by Gasteiger charge is 2.25. The molecule has 1 saturated heterocycles. The van der Waals surface area contributed by atoms with Gasteiger partial charge in [0.25, 0.3) is 0 Å². The summed E-state index contributed by atoms with van der Waals surface area (Å²) in [5.41, 5.74) is 0. The zero-order valence-corrected chi connectivity index (χ0v) is 9.58. The predicted molar refractivity (Wildman–Crippen MR) is 57.4 cm³/mol. The Balaban J connectivity index is 2.29. The molecule has 0 spiro atoms. The van der Waals surface area contributed by atoms with E-state index in [4.69, 9.17) is 9.47 Å². The van der Waals surface area contributed by atoms with E-state index in [1.54, 1.807) is 7.11 Å². The highest BCUT2D eigenvalue weighted by molar-refractivity contribution is 4.79. The van der Waals surface area contributed by atoms with Crippen LogP contribution < -0.4 is 5.32 Å². The van der Waals surface area contributed by atoms with Crippen molar-refractivity contribution in [2.75, 3.05) is 34.0 Å². The minimum absolute atomic E-state index is 0.586. The molecule has 3 unspecified atom stereocenters. The molecule has 0 aliphatic carbocycles. The van der Waals surface area contributed by atoms with E-state index >= 15 is 0 Å². The number of hydrogen-bond donors (Lipinski definition) is 1. The molecule has 1 rings (SSSR count). The van der Waals surface area contributed by atoms with Gasteiger partial charge in [0.2, 0.25) is 0 Å². The minimum atomic E-state index is 0.586. The third-order valence-electron chi connectivity index (χ3n) is 3.01. The van der Waals surface area contributed by atoms with Crippen LogP contribution in [0.3, 0.4) is 0 Å². The maximum atomic E-state index is 5.41. The summed E-state index contributed by atoms with van der Waals surface area (Å²) in [5, 5.41) is 3.40. The lowest BCUT2D eigenvalue weighted by Gasteiger charge is -2.24. The van der Waals surface area contributed by atoms with Crippen LogP contribution in [0.1, 0.15) is 19.8 Å². The Morgan fingerprint density at radius 2 is 2.36 bits per heavy atom. The Hall–Kier alpha value is -0.120. The first-order chi connectivity index (χ1) is 6.77. The third kappa shape index (κ3) is 3.56. The average molecular weight is 201 g/mol. The van der Waals surface area contributed by atoms with Crippen molar-refractivity contribution in [2.24, 2.45) is 11.8 Å². The van der Waals surface area contributed by atoms with Crippen molar-refractivity contribution in [2.45, 2.75) is 25.8 Å². The van der Waals surface area contributed by atoms with E-state index in [0.29, 0.717) is 17.9 Å². The van der Waals surface area contributed by atoms with Crippen LogP contribution >= 0.6 is 0 Å². The summed E-state index contributed by atoms with van der Waals surface area (Å²) < 4.78 is 10.6. The Bertz CT molecular complexity index is 146. The third-order valence-corrected chi connectivity index (χ3v) is 3.01. The lowest BCUT2D eigenvalue weighted by molar-refractivity contribution is 0.137. The van der Waals surface area contributed by atoms with Crippen LogP contribution in [-0.2, 0) is 9.47 Å². The van der Waals surface area contributed by atoms with Crippen LogP contribution in [0.2, 0.25) is 0 Å². The highest BCUT2D eigenvalue weighted by atomic mass is 16.5. The second-order valence-corrected chi connectivity index (χ2v) is 4.32. The van der Waals surface area contributed by atoms with Crippen molar-refractivity contribution in [1.29, 1.82) is 0 Å². The van der Waals surface area contributed by atoms with Crippen molar-refractivity contribution in [3.05, 3.63) is 0 Å². The maximum absolute atomic E-state index is 5.41. The van der Waals surface area contributed by atoms with Gasteiger partial charge in [0.15, 0.2) is 0 Å². The van der Waals surface area contributed by atoms with Gasteiger partial charge in [0, 0.05) is 26.4 Å². The van der Waals surface area contributed by atoms with Crippen LogP contribution in [0.15, 0.2) is 0 Å². The molecule has 0 aromatic carbocycles. The molecule has 0 saturated carbocycles. The van der Waals surface area contributed by atoms with Crippen LogP contribution in [0, 0.1) is 11.8 Å². The SMILES string of the molecule is CNC(CC(C)COC)C1CCOC1. The van der Waals surface area contributed by atoms with Gasteiger partial charge in [-0.15, -0.1) is 0 Å². The minimum Gasteiger partial charge on any atom is -0.384 e. The Morgan fingerprint density at radius 1 is 1.57 bits per heavy atom. The molecule has 1 fully saturated rings. The second kappa shape index (κ2) is 6.38. The molecule has 14 heavy (non-hydrogen) atoms. The predicted octanol–water partition coefficient (Wildman–Crippen LogP) is 1.28. The molecule has 84 valence electrons. The average Bonchev–Trinajstić information content (AvgIpc) is 2.67. The molecule has 1 aliphatic rings. The fraction of sp³-hybridized carbons (Fsp3) is 1.00. The molecular weight excluding hydrogens is 178 g/mol. The summed E-state index contributed by atoms with van der Waals surface area (Å²) in [6.45, 7) is 4.95. The van der Waals surface area contributed by atoms with E-state index < -0.39 is 0 Å². The Labute approximate surface area is 87.2 Å². The molecule has 0 bridgehead atoms. The lowest BCUT2D eigenvalue weighted by atomic mass is 9.91. The van der Waals surface area contributed by atoms with Gasteiger partial charge in [-0.05, 0) is 31.7 Å². The molecule has 0 amide bonds. The van der Waals surface area contributed by atoms with Gasteiger partial charge < -0.3 is 14.8 Å². The van der Waals surface area contributed by atoms with E-state index in [9.17, 15) is 0 Å². The summed E-state index contributed by atoms with van der Waals surface area (Å²) in [6.07, 6.45) is 2.38. The van der Waals surface area contributed by atoms with Gasteiger partial charge in [-0.25, -0.2) is 0 Å². The largest absolute Gasteiger partial charge is 0.384 e. The number of methoxy groups -OCH3 is 1. The van der Waals surface area contributed by atoms with E-state index in [1.165, 1.54) is 12.8 Å². The van der Waals surface area contributed by atoms with Crippen molar-refractivity contribution in [3.63, 3.8) is 0 Å². The topological polar surface area (TPSA) is 30.5 Å². The van der Waals surface area contributed by atoms with Crippen LogP contribution in [0.25, 0.3) is 0 Å². The molecule has 0 aromatic heterocycles. The number of hydrogen-bond acceptors (Lipinski definition) is 3. The van der Waals surface area contributed by atoms with Crippen LogP contribution in [0.4, 0.5) is 0 Å². The van der Waals surface area contributed by atoms with Gasteiger partial charge in [-0.1, -0.05) is 6.92 Å². The molecule has 3 atom stereocenters. The normalized spacial score (nSPS) is 26.4. The number of rotatable bonds is 6. The molecule has 1 heterocycles. The Morgan fingerprint density at radius 3 is 2.86 bits per heavy atom. The molecular formula is C11H23NO2. The van der Waals surface area contributed by atoms with Crippen molar-refractivity contribution in [1.82, 2.24) is 5.32 Å². The second-order valence-electron chi connectivity index (χ2n) is 4.32. The first kappa shape index (κ1) is 12.0. The molecule has 0 aromatic rings. The molecule has 0 radical (unpaired) electrons. The number of nitrogens with one attached hydrogen (secondary N) is 1. The van der Waals surface area contributed by atoms with Crippen molar-refractivity contribution in [3.8, 4) is 0 Å². The summed E-state index contributed by atoms with van der Waals surface area (Å²) in [5.74, 6) is 1.32. The molecule has 3 nitrogen and oxygen atoms in total. The quantitative estimate of drug-likeness (QED) is 0.702. The first-order valence-electron chi connectivity index (χ1n) is 5.51. The van der Waals surface area contributed by atoms with Crippen molar-refractivity contribution >= 4 is 0 Å². The summed E-state index contributed by atoms with van der Waals surface area (Å²) in [7, 11) is 3.81. The molecule has 3 heteroatoms. The van der Waals surface area contributed by atoms with E-state index in [-0.39, 0.29) is 0 Å². The monoisotopic (exact) mass is 201 g/mol. The van der Waals surface area contributed by atoms with Gasteiger partial charge in [0.1, 0.15) is 0 Å². The van der Waals surface area contributed by atoms with Gasteiger partial charge >= 0.3 is 0 Å². The van der Waals surface area contributed by atoms with Gasteiger partial charge in [-0.2, -0.15) is 0 Å². The van der Waals surface area contributed by atoms with Gasteiger partial charge in [-0.3, -0.25) is 0 Å². The van der Waals surface area contributed by atoms with E-state index in [2.05, 4.69) is 12.2 Å². The van der Waals surface area contributed by atoms with Crippen LogP contribution in [-0.4, -0.2) is 40.0 Å². The van der Waals surface area contributed by atoms with Gasteiger partial charge in [0.05, 0.1) is 6.61 Å². The highest BCUT2D eigenvalue weighted by Crippen LogP contribution is 2.21. The zero-order chi connectivity index (χ0) is 10.4. The zero-order valence-electron chi connectivity index (χ0n) is 9.58. The standard InChI is InChI=1S/C11H23NO2/c1-9(7-13-3)6-11(12-2)10-4-5-14-8-10/h9-12H,4-8H2,1-3H3. The smallest absolute Gasteiger partial charge is 0.0510 e. The van der Waals surface area contributed by atoms with E-state index in [1.807, 2.05) is 7.05 Å². The van der Waals surface area contributed by atoms with Crippen LogP contribution in [0.5, 0.6) is 0 Å². The maximum Gasteiger partial charge on any atom is 0.0510 e. The summed E-state index contributed by atoms with van der Waals surface area (Å²) in [4.78, 5) is 0. The van der Waals surface area contributed by atoms with E-state index in [0.717, 1.165) is 19.8 Å². The molecule has 1 aliphatic heterocycles. The summed E-state index contributed by atoms with van der Waals surface area (Å²) >= 11 is 0. The lowest BCUT2D eigenvalue weighted by Crippen LogP contribution is -2.36. The fourth-order valence-electron chi connectivity index (χ4n) is 2.20. The summed E-state index contributed by atoms with van der Waals surface area (Å²) in [6, 6.07) is 0.586. The molecule has 1 N–H and O–H groups in total.